The van der Waals surface area contributed by atoms with E-state index in [9.17, 15) is 0 Å². The quantitative estimate of drug-likeness (QED) is 0.896. The largest absolute Gasteiger partial charge is 0.464 e. The van der Waals surface area contributed by atoms with E-state index in [1.54, 1.807) is 4.90 Å². The third-order valence-electron chi connectivity index (χ3n) is 2.14. The summed E-state index contributed by atoms with van der Waals surface area (Å²) in [5.41, 5.74) is 5.50. The average molecular weight is 254 g/mol. The molecule has 0 radical (unpaired) electrons. The molecule has 0 bridgehead atoms. The summed E-state index contributed by atoms with van der Waals surface area (Å²) in [6, 6.07) is 3.80. The van der Waals surface area contributed by atoms with Crippen molar-refractivity contribution in [2.45, 2.75) is 13.5 Å². The number of nitrogen functional groups attached to an aromatic ring is 1. The summed E-state index contributed by atoms with van der Waals surface area (Å²) >= 11 is 5.71. The third-order valence-corrected chi connectivity index (χ3v) is 2.31. The summed E-state index contributed by atoms with van der Waals surface area (Å²) in [4.78, 5) is 13.5. The maximum atomic E-state index is 5.71. The van der Waals surface area contributed by atoms with Gasteiger partial charge in [0.2, 0.25) is 17.2 Å². The zero-order chi connectivity index (χ0) is 12.4. The summed E-state index contributed by atoms with van der Waals surface area (Å²) in [5.74, 6) is 2.20. The Morgan fingerprint density at radius 2 is 2.12 bits per heavy atom. The van der Waals surface area contributed by atoms with E-state index in [0.717, 1.165) is 11.5 Å². The number of rotatable bonds is 3. The van der Waals surface area contributed by atoms with Gasteiger partial charge in [-0.3, -0.25) is 0 Å². The molecule has 0 amide bonds. The fourth-order valence-corrected chi connectivity index (χ4v) is 1.56. The van der Waals surface area contributed by atoms with E-state index in [1.807, 2.05) is 26.1 Å². The topological polar surface area (TPSA) is 81.1 Å². The molecule has 17 heavy (non-hydrogen) atoms. The molecule has 0 aromatic carbocycles. The summed E-state index contributed by atoms with van der Waals surface area (Å²) < 4.78 is 5.46. The second kappa shape index (κ2) is 4.58. The van der Waals surface area contributed by atoms with Crippen molar-refractivity contribution >= 4 is 23.5 Å². The van der Waals surface area contributed by atoms with Crippen LogP contribution in [0.2, 0.25) is 5.28 Å². The van der Waals surface area contributed by atoms with E-state index in [1.165, 1.54) is 0 Å². The van der Waals surface area contributed by atoms with Crippen LogP contribution in [0.1, 0.15) is 11.5 Å². The maximum Gasteiger partial charge on any atom is 0.231 e. The fourth-order valence-electron chi connectivity index (χ4n) is 1.40. The SMILES string of the molecule is Cc1ccc(CN(C)c2nc(N)nc(Cl)n2)o1. The molecular formula is C10H12ClN5O. The Labute approximate surface area is 103 Å². The highest BCUT2D eigenvalue weighted by molar-refractivity contribution is 6.28. The minimum atomic E-state index is 0.0787. The van der Waals surface area contributed by atoms with Crippen LogP contribution in [0.3, 0.4) is 0 Å². The minimum Gasteiger partial charge on any atom is -0.464 e. The van der Waals surface area contributed by atoms with Gasteiger partial charge in [0, 0.05) is 7.05 Å². The van der Waals surface area contributed by atoms with Gasteiger partial charge >= 0.3 is 0 Å². The van der Waals surface area contributed by atoms with Crippen molar-refractivity contribution in [1.29, 1.82) is 0 Å². The molecule has 0 atom stereocenters. The van der Waals surface area contributed by atoms with Crippen molar-refractivity contribution in [2.24, 2.45) is 0 Å². The van der Waals surface area contributed by atoms with Crippen LogP contribution in [0.25, 0.3) is 0 Å². The lowest BCUT2D eigenvalue weighted by Crippen LogP contribution is -2.19. The first-order chi connectivity index (χ1) is 8.04. The molecule has 0 unspecified atom stereocenters. The van der Waals surface area contributed by atoms with Crippen molar-refractivity contribution in [3.63, 3.8) is 0 Å². The van der Waals surface area contributed by atoms with E-state index in [0.29, 0.717) is 12.5 Å². The molecule has 0 aliphatic heterocycles. The molecule has 2 aromatic heterocycles. The van der Waals surface area contributed by atoms with E-state index < -0.39 is 0 Å². The van der Waals surface area contributed by atoms with Crippen LogP contribution in [0.4, 0.5) is 11.9 Å². The number of anilines is 2. The summed E-state index contributed by atoms with van der Waals surface area (Å²) in [6.07, 6.45) is 0. The monoisotopic (exact) mass is 253 g/mol. The Morgan fingerprint density at radius 1 is 1.35 bits per heavy atom. The molecule has 0 aliphatic carbocycles. The van der Waals surface area contributed by atoms with Crippen molar-refractivity contribution in [3.05, 3.63) is 28.9 Å². The molecule has 6 nitrogen and oxygen atoms in total. The highest BCUT2D eigenvalue weighted by Gasteiger charge is 2.10. The van der Waals surface area contributed by atoms with Crippen LogP contribution in [0.15, 0.2) is 16.5 Å². The number of furan rings is 1. The van der Waals surface area contributed by atoms with Gasteiger partial charge in [-0.25, -0.2) is 0 Å². The number of nitrogens with two attached hydrogens (primary N) is 1. The second-order valence-electron chi connectivity index (χ2n) is 3.63. The van der Waals surface area contributed by atoms with Gasteiger partial charge in [-0.1, -0.05) is 0 Å². The molecule has 7 heteroatoms. The Kier molecular flexibility index (Phi) is 3.14. The Bertz CT molecular complexity index is 507. The van der Waals surface area contributed by atoms with Crippen molar-refractivity contribution < 1.29 is 4.42 Å². The van der Waals surface area contributed by atoms with Crippen LogP contribution >= 0.6 is 11.6 Å². The molecule has 2 N–H and O–H groups in total. The molecule has 2 rings (SSSR count). The van der Waals surface area contributed by atoms with Crippen LogP contribution in [0.5, 0.6) is 0 Å². The number of halogens is 1. The molecule has 2 heterocycles. The first-order valence-corrected chi connectivity index (χ1v) is 5.36. The standard InChI is InChI=1S/C10H12ClN5O/c1-6-3-4-7(17-6)5-16(2)10-14-8(11)13-9(12)15-10/h3-4H,5H2,1-2H3,(H2,12,13,14,15). The first-order valence-electron chi connectivity index (χ1n) is 4.98. The Hall–Kier alpha value is -1.82. The molecule has 0 aliphatic rings. The maximum absolute atomic E-state index is 5.71. The van der Waals surface area contributed by atoms with Crippen LogP contribution in [0, 0.1) is 6.92 Å². The number of nitrogens with zero attached hydrogens (tertiary/aromatic N) is 4. The van der Waals surface area contributed by atoms with E-state index in [4.69, 9.17) is 21.8 Å². The van der Waals surface area contributed by atoms with Gasteiger partial charge in [-0.2, -0.15) is 15.0 Å². The molecular weight excluding hydrogens is 242 g/mol. The zero-order valence-corrected chi connectivity index (χ0v) is 10.3. The molecule has 0 saturated carbocycles. The van der Waals surface area contributed by atoms with Crippen molar-refractivity contribution in [1.82, 2.24) is 15.0 Å². The van der Waals surface area contributed by atoms with Crippen molar-refractivity contribution in [2.75, 3.05) is 17.7 Å². The number of aromatic nitrogens is 3. The fraction of sp³-hybridized carbons (Fsp3) is 0.300. The lowest BCUT2D eigenvalue weighted by Gasteiger charge is -2.15. The predicted molar refractivity (Wildman–Crippen MR) is 64.8 cm³/mol. The molecule has 0 saturated heterocycles. The predicted octanol–water partition coefficient (Wildman–Crippen LogP) is 1.65. The number of hydrogen-bond donors (Lipinski definition) is 1. The van der Waals surface area contributed by atoms with Crippen LogP contribution in [-0.2, 0) is 6.54 Å². The van der Waals surface area contributed by atoms with Crippen LogP contribution < -0.4 is 10.6 Å². The van der Waals surface area contributed by atoms with Gasteiger partial charge in [0.15, 0.2) is 0 Å². The van der Waals surface area contributed by atoms with Gasteiger partial charge in [-0.05, 0) is 30.7 Å². The highest BCUT2D eigenvalue weighted by Crippen LogP contribution is 2.15. The molecule has 90 valence electrons. The Balaban J connectivity index is 2.16. The van der Waals surface area contributed by atoms with Gasteiger partial charge < -0.3 is 15.1 Å². The van der Waals surface area contributed by atoms with E-state index in [2.05, 4.69) is 15.0 Å². The summed E-state index contributed by atoms with van der Waals surface area (Å²) in [5, 5.41) is 0.0787. The normalized spacial score (nSPS) is 10.5. The average Bonchev–Trinajstić information content (AvgIpc) is 2.62. The first kappa shape index (κ1) is 11.7. The van der Waals surface area contributed by atoms with Crippen molar-refractivity contribution in [3.8, 4) is 0 Å². The molecule has 0 fully saturated rings. The second-order valence-corrected chi connectivity index (χ2v) is 3.97. The van der Waals surface area contributed by atoms with E-state index in [-0.39, 0.29) is 11.2 Å². The van der Waals surface area contributed by atoms with Crippen LogP contribution in [-0.4, -0.2) is 22.0 Å². The lowest BCUT2D eigenvalue weighted by atomic mass is 10.4. The van der Waals surface area contributed by atoms with E-state index >= 15 is 0 Å². The summed E-state index contributed by atoms with van der Waals surface area (Å²) in [7, 11) is 1.82. The van der Waals surface area contributed by atoms with Gasteiger partial charge in [-0.15, -0.1) is 0 Å². The van der Waals surface area contributed by atoms with Gasteiger partial charge in [0.25, 0.3) is 0 Å². The third kappa shape index (κ3) is 2.85. The molecule has 0 spiro atoms. The highest BCUT2D eigenvalue weighted by atomic mass is 35.5. The zero-order valence-electron chi connectivity index (χ0n) is 9.51. The Morgan fingerprint density at radius 3 is 2.71 bits per heavy atom. The number of hydrogen-bond acceptors (Lipinski definition) is 6. The minimum absolute atomic E-state index is 0.0787. The van der Waals surface area contributed by atoms with Gasteiger partial charge in [0.05, 0.1) is 6.54 Å². The summed E-state index contributed by atoms with van der Waals surface area (Å²) in [6.45, 7) is 2.43. The number of aryl methyl sites for hydroxylation is 1. The smallest absolute Gasteiger partial charge is 0.231 e. The lowest BCUT2D eigenvalue weighted by molar-refractivity contribution is 0.480. The van der Waals surface area contributed by atoms with Gasteiger partial charge in [0.1, 0.15) is 11.5 Å². The molecule has 2 aromatic rings.